The molecule has 8 heteroatoms. The quantitative estimate of drug-likeness (QED) is 0.675. The molecule has 0 spiro atoms. The first-order valence-electron chi connectivity index (χ1n) is 5.59. The van der Waals surface area contributed by atoms with Crippen molar-refractivity contribution in [1.82, 2.24) is 10.2 Å². The van der Waals surface area contributed by atoms with E-state index in [0.29, 0.717) is 22.2 Å². The predicted molar refractivity (Wildman–Crippen MR) is 79.2 cm³/mol. The van der Waals surface area contributed by atoms with Crippen LogP contribution in [-0.2, 0) is 0 Å². The number of rotatable bonds is 5. The van der Waals surface area contributed by atoms with Crippen LogP contribution in [0.1, 0.15) is 10.4 Å². The standard InChI is InChI=1S/C12H13N3O3S2/c1-17-8-6-4-5-7(9(8)18-2)10(16)13-11-14-15-12(19-3)20-11/h4-6H,1-3H3,(H,13,14,16). The molecule has 0 atom stereocenters. The van der Waals surface area contributed by atoms with Crippen molar-refractivity contribution >= 4 is 34.1 Å². The van der Waals surface area contributed by atoms with Gasteiger partial charge in [0.2, 0.25) is 5.13 Å². The van der Waals surface area contributed by atoms with E-state index < -0.39 is 0 Å². The third-order valence-corrected chi connectivity index (χ3v) is 4.26. The number of carbonyl (C=O) groups is 1. The normalized spacial score (nSPS) is 10.2. The lowest BCUT2D eigenvalue weighted by Crippen LogP contribution is -2.13. The number of benzene rings is 1. The van der Waals surface area contributed by atoms with Crippen LogP contribution in [0.5, 0.6) is 11.5 Å². The van der Waals surface area contributed by atoms with E-state index in [0.717, 1.165) is 4.34 Å². The summed E-state index contributed by atoms with van der Waals surface area (Å²) in [5.41, 5.74) is 0.382. The third kappa shape index (κ3) is 3.02. The number of methoxy groups -OCH3 is 2. The molecular formula is C12H13N3O3S2. The van der Waals surface area contributed by atoms with E-state index in [4.69, 9.17) is 9.47 Å². The van der Waals surface area contributed by atoms with Crippen LogP contribution in [0.3, 0.4) is 0 Å². The molecule has 0 aliphatic carbocycles. The Morgan fingerprint density at radius 3 is 2.70 bits per heavy atom. The lowest BCUT2D eigenvalue weighted by Gasteiger charge is -2.11. The SMILES string of the molecule is COc1cccc(C(=O)Nc2nnc(SC)s2)c1OC. The van der Waals surface area contributed by atoms with E-state index in [1.807, 2.05) is 6.26 Å². The highest BCUT2D eigenvalue weighted by Gasteiger charge is 2.17. The zero-order chi connectivity index (χ0) is 14.5. The lowest BCUT2D eigenvalue weighted by atomic mass is 10.1. The molecule has 0 radical (unpaired) electrons. The van der Waals surface area contributed by atoms with Gasteiger partial charge < -0.3 is 9.47 Å². The summed E-state index contributed by atoms with van der Waals surface area (Å²) in [7, 11) is 3.01. The number of hydrogen-bond acceptors (Lipinski definition) is 7. The minimum absolute atomic E-state index is 0.315. The van der Waals surface area contributed by atoms with Crippen molar-refractivity contribution in [3.63, 3.8) is 0 Å². The molecule has 20 heavy (non-hydrogen) atoms. The highest BCUT2D eigenvalue weighted by Crippen LogP contribution is 2.31. The Bertz CT molecular complexity index is 616. The minimum atomic E-state index is -0.315. The second kappa shape index (κ2) is 6.58. The van der Waals surface area contributed by atoms with Gasteiger partial charge in [0.1, 0.15) is 0 Å². The van der Waals surface area contributed by atoms with Crippen molar-refractivity contribution in [2.45, 2.75) is 4.34 Å². The van der Waals surface area contributed by atoms with Crippen LogP contribution >= 0.6 is 23.1 Å². The number of thioether (sulfide) groups is 1. The molecule has 106 valence electrons. The first-order valence-corrected chi connectivity index (χ1v) is 7.63. The fourth-order valence-corrected chi connectivity index (χ4v) is 2.74. The van der Waals surface area contributed by atoms with Gasteiger partial charge in [0.05, 0.1) is 19.8 Å². The molecule has 0 unspecified atom stereocenters. The Morgan fingerprint density at radius 1 is 1.30 bits per heavy atom. The molecule has 1 N–H and O–H groups in total. The second-order valence-corrected chi connectivity index (χ2v) is 5.60. The maximum atomic E-state index is 12.2. The van der Waals surface area contributed by atoms with Crippen LogP contribution < -0.4 is 14.8 Å². The predicted octanol–water partition coefficient (Wildman–Crippen LogP) is 2.53. The molecule has 0 saturated heterocycles. The molecule has 2 rings (SSSR count). The smallest absolute Gasteiger partial charge is 0.261 e. The summed E-state index contributed by atoms with van der Waals surface area (Å²) in [6.45, 7) is 0. The van der Waals surface area contributed by atoms with Crippen LogP contribution in [0.25, 0.3) is 0 Å². The molecule has 1 aromatic heterocycles. The summed E-state index contributed by atoms with van der Waals surface area (Å²) in [5.74, 6) is 0.578. The maximum absolute atomic E-state index is 12.2. The largest absolute Gasteiger partial charge is 0.493 e. The Morgan fingerprint density at radius 2 is 2.10 bits per heavy atom. The summed E-state index contributed by atoms with van der Waals surface area (Å²) in [5, 5.41) is 11.0. The van der Waals surface area contributed by atoms with E-state index in [1.165, 1.54) is 37.3 Å². The molecule has 0 saturated carbocycles. The van der Waals surface area contributed by atoms with Crippen LogP contribution in [0.4, 0.5) is 5.13 Å². The first-order chi connectivity index (χ1) is 9.69. The zero-order valence-corrected chi connectivity index (χ0v) is 12.8. The van der Waals surface area contributed by atoms with Crippen LogP contribution in [0.2, 0.25) is 0 Å². The molecular weight excluding hydrogens is 298 g/mol. The van der Waals surface area contributed by atoms with Gasteiger partial charge in [-0.15, -0.1) is 10.2 Å². The minimum Gasteiger partial charge on any atom is -0.493 e. The molecule has 0 aliphatic heterocycles. The topological polar surface area (TPSA) is 73.3 Å². The molecule has 1 aromatic carbocycles. The third-order valence-electron chi connectivity index (χ3n) is 2.45. The van der Waals surface area contributed by atoms with Crippen molar-refractivity contribution in [1.29, 1.82) is 0 Å². The van der Waals surface area contributed by atoms with Gasteiger partial charge in [0, 0.05) is 0 Å². The average Bonchev–Trinajstić information content (AvgIpc) is 2.93. The van der Waals surface area contributed by atoms with E-state index in [-0.39, 0.29) is 5.91 Å². The van der Waals surface area contributed by atoms with Crippen molar-refractivity contribution < 1.29 is 14.3 Å². The van der Waals surface area contributed by atoms with E-state index in [2.05, 4.69) is 15.5 Å². The van der Waals surface area contributed by atoms with Crippen molar-refractivity contribution in [3.05, 3.63) is 23.8 Å². The van der Waals surface area contributed by atoms with Crippen LogP contribution in [0, 0.1) is 0 Å². The van der Waals surface area contributed by atoms with Crippen molar-refractivity contribution in [2.75, 3.05) is 25.8 Å². The number of para-hydroxylation sites is 1. The van der Waals surface area contributed by atoms with Gasteiger partial charge in [-0.2, -0.15) is 0 Å². The van der Waals surface area contributed by atoms with Gasteiger partial charge in [-0.05, 0) is 18.4 Å². The number of aromatic nitrogens is 2. The second-order valence-electron chi connectivity index (χ2n) is 3.57. The van der Waals surface area contributed by atoms with Crippen molar-refractivity contribution in [3.8, 4) is 11.5 Å². The summed E-state index contributed by atoms with van der Waals surface area (Å²) >= 11 is 2.79. The van der Waals surface area contributed by atoms with E-state index in [9.17, 15) is 4.79 Å². The number of ether oxygens (including phenoxy) is 2. The zero-order valence-electron chi connectivity index (χ0n) is 11.2. The van der Waals surface area contributed by atoms with Crippen LogP contribution in [-0.4, -0.2) is 36.6 Å². The summed E-state index contributed by atoms with van der Waals surface area (Å²) in [6.07, 6.45) is 1.90. The number of nitrogens with one attached hydrogen (secondary N) is 1. The Labute approximate surface area is 124 Å². The number of carbonyl (C=O) groups excluding carboxylic acids is 1. The molecule has 2 aromatic rings. The summed E-state index contributed by atoms with van der Waals surface area (Å²) in [6, 6.07) is 5.11. The fourth-order valence-electron chi connectivity index (χ4n) is 1.57. The summed E-state index contributed by atoms with van der Waals surface area (Å²) < 4.78 is 11.2. The van der Waals surface area contributed by atoms with E-state index in [1.54, 1.807) is 18.2 Å². The van der Waals surface area contributed by atoms with Gasteiger partial charge in [-0.1, -0.05) is 29.2 Å². The number of hydrogen-bond donors (Lipinski definition) is 1. The average molecular weight is 311 g/mol. The molecule has 0 bridgehead atoms. The number of anilines is 1. The maximum Gasteiger partial charge on any atom is 0.261 e. The highest BCUT2D eigenvalue weighted by atomic mass is 32.2. The van der Waals surface area contributed by atoms with Crippen molar-refractivity contribution in [2.24, 2.45) is 0 Å². The van der Waals surface area contributed by atoms with E-state index >= 15 is 0 Å². The summed E-state index contributed by atoms with van der Waals surface area (Å²) in [4.78, 5) is 12.2. The fraction of sp³-hybridized carbons (Fsp3) is 0.250. The monoisotopic (exact) mass is 311 g/mol. The van der Waals surface area contributed by atoms with Crippen LogP contribution in [0.15, 0.2) is 22.5 Å². The van der Waals surface area contributed by atoms with Gasteiger partial charge >= 0.3 is 0 Å². The van der Waals surface area contributed by atoms with Gasteiger partial charge in [0.15, 0.2) is 15.8 Å². The Kier molecular flexibility index (Phi) is 4.80. The Hall–Kier alpha value is -1.80. The first kappa shape index (κ1) is 14.6. The molecule has 1 heterocycles. The highest BCUT2D eigenvalue weighted by molar-refractivity contribution is 8.00. The van der Waals surface area contributed by atoms with Gasteiger partial charge in [-0.3, -0.25) is 10.1 Å². The lowest BCUT2D eigenvalue weighted by molar-refractivity contribution is 0.102. The van der Waals surface area contributed by atoms with Gasteiger partial charge in [0.25, 0.3) is 5.91 Å². The molecule has 0 aliphatic rings. The molecule has 6 nitrogen and oxygen atoms in total. The Balaban J connectivity index is 2.24. The molecule has 0 fully saturated rings. The number of amides is 1. The number of nitrogens with zero attached hydrogens (tertiary/aromatic N) is 2. The molecule has 1 amide bonds. The van der Waals surface area contributed by atoms with Gasteiger partial charge in [-0.25, -0.2) is 0 Å².